The van der Waals surface area contributed by atoms with Crippen molar-refractivity contribution in [3.63, 3.8) is 0 Å². The maximum absolute atomic E-state index is 12.5. The van der Waals surface area contributed by atoms with Gasteiger partial charge in [-0.05, 0) is 29.8 Å². The second-order valence-electron chi connectivity index (χ2n) is 4.91. The molecule has 5 nitrogen and oxygen atoms in total. The summed E-state index contributed by atoms with van der Waals surface area (Å²) in [5.41, 5.74) is 1.41. The van der Waals surface area contributed by atoms with Gasteiger partial charge in [-0.1, -0.05) is 23.7 Å². The Labute approximate surface area is 158 Å². The summed E-state index contributed by atoms with van der Waals surface area (Å²) < 4.78 is 5.16. The normalized spacial score (nSPS) is 10.5. The zero-order valence-corrected chi connectivity index (χ0v) is 15.6. The average molecular weight is 392 g/mol. The maximum Gasteiger partial charge on any atom is 0.277 e. The minimum Gasteiger partial charge on any atom is -0.497 e. The number of carbonyl (C=O) groups excluding carboxylic acids is 1. The lowest BCUT2D eigenvalue weighted by Crippen LogP contribution is -2.14. The first kappa shape index (κ1) is 17.7. The van der Waals surface area contributed by atoms with E-state index in [1.54, 1.807) is 30.8 Å². The van der Waals surface area contributed by atoms with E-state index in [0.29, 0.717) is 16.6 Å². The first-order valence-corrected chi connectivity index (χ1v) is 9.53. The van der Waals surface area contributed by atoms with E-state index < -0.39 is 0 Å². The van der Waals surface area contributed by atoms with E-state index >= 15 is 0 Å². The van der Waals surface area contributed by atoms with Gasteiger partial charge in [0.2, 0.25) is 0 Å². The van der Waals surface area contributed by atoms with Crippen molar-refractivity contribution in [1.82, 2.24) is 9.97 Å². The second kappa shape index (κ2) is 8.33. The SMILES string of the molecule is COc1ccc(CSc2ccc(Cl)nc2C(=O)Nc2nccs2)cc1. The first-order chi connectivity index (χ1) is 12.2. The van der Waals surface area contributed by atoms with Crippen molar-refractivity contribution >= 4 is 45.7 Å². The van der Waals surface area contributed by atoms with Crippen LogP contribution in [0.1, 0.15) is 16.1 Å². The highest BCUT2D eigenvalue weighted by atomic mass is 35.5. The smallest absolute Gasteiger partial charge is 0.277 e. The molecule has 0 fully saturated rings. The third-order valence-corrected chi connectivity index (χ3v) is 5.26. The molecule has 0 aliphatic carbocycles. The predicted octanol–water partition coefficient (Wildman–Crippen LogP) is 4.74. The van der Waals surface area contributed by atoms with Crippen molar-refractivity contribution in [2.75, 3.05) is 12.4 Å². The Bertz CT molecular complexity index is 855. The third-order valence-electron chi connectivity index (χ3n) is 3.25. The average Bonchev–Trinajstić information content (AvgIpc) is 3.14. The summed E-state index contributed by atoms with van der Waals surface area (Å²) in [5, 5.41) is 5.33. The number of hydrogen-bond acceptors (Lipinski definition) is 6. The molecule has 1 amide bonds. The van der Waals surface area contributed by atoms with Crippen LogP contribution in [0.3, 0.4) is 0 Å². The molecule has 2 heterocycles. The van der Waals surface area contributed by atoms with Crippen molar-refractivity contribution in [1.29, 1.82) is 0 Å². The van der Waals surface area contributed by atoms with Crippen molar-refractivity contribution in [2.24, 2.45) is 0 Å². The number of ether oxygens (including phenoxy) is 1. The molecule has 0 spiro atoms. The molecule has 2 aromatic heterocycles. The van der Waals surface area contributed by atoms with Gasteiger partial charge in [-0.2, -0.15) is 0 Å². The van der Waals surface area contributed by atoms with E-state index in [0.717, 1.165) is 16.2 Å². The van der Waals surface area contributed by atoms with E-state index in [1.807, 2.05) is 24.3 Å². The van der Waals surface area contributed by atoms with Crippen LogP contribution in [0, 0.1) is 0 Å². The van der Waals surface area contributed by atoms with E-state index in [2.05, 4.69) is 15.3 Å². The summed E-state index contributed by atoms with van der Waals surface area (Å²) in [7, 11) is 1.64. The van der Waals surface area contributed by atoms with Gasteiger partial charge in [0.05, 0.1) is 7.11 Å². The molecular weight excluding hydrogens is 378 g/mol. The fourth-order valence-corrected chi connectivity index (χ4v) is 3.65. The number of hydrogen-bond donors (Lipinski definition) is 1. The molecule has 128 valence electrons. The summed E-state index contributed by atoms with van der Waals surface area (Å²) >= 11 is 8.84. The number of rotatable bonds is 6. The number of methoxy groups -OCH3 is 1. The summed E-state index contributed by atoms with van der Waals surface area (Å²) in [5.74, 6) is 1.19. The topological polar surface area (TPSA) is 64.1 Å². The van der Waals surface area contributed by atoms with Gasteiger partial charge in [0.15, 0.2) is 5.13 Å². The minimum absolute atomic E-state index is 0.276. The van der Waals surface area contributed by atoms with E-state index in [4.69, 9.17) is 16.3 Å². The summed E-state index contributed by atoms with van der Waals surface area (Å²) in [4.78, 5) is 21.5. The van der Waals surface area contributed by atoms with Crippen LogP contribution in [0.15, 0.2) is 52.9 Å². The molecule has 3 aromatic rings. The van der Waals surface area contributed by atoms with Crippen LogP contribution in [0.25, 0.3) is 0 Å². The minimum atomic E-state index is -0.324. The van der Waals surface area contributed by atoms with Crippen molar-refractivity contribution in [3.05, 3.63) is 64.4 Å². The van der Waals surface area contributed by atoms with Gasteiger partial charge in [-0.15, -0.1) is 23.1 Å². The molecule has 1 N–H and O–H groups in total. The number of thiazole rings is 1. The Morgan fingerprint density at radius 2 is 2.08 bits per heavy atom. The van der Waals surface area contributed by atoms with Crippen LogP contribution < -0.4 is 10.1 Å². The number of benzene rings is 1. The highest BCUT2D eigenvalue weighted by molar-refractivity contribution is 7.98. The first-order valence-electron chi connectivity index (χ1n) is 7.29. The third kappa shape index (κ3) is 4.72. The number of aromatic nitrogens is 2. The van der Waals surface area contributed by atoms with E-state index in [-0.39, 0.29) is 11.1 Å². The molecular formula is C17H14ClN3O2S2. The maximum atomic E-state index is 12.5. The largest absolute Gasteiger partial charge is 0.497 e. The Hall–Kier alpha value is -2.09. The van der Waals surface area contributed by atoms with Crippen LogP contribution in [-0.4, -0.2) is 23.0 Å². The molecule has 0 saturated carbocycles. The van der Waals surface area contributed by atoms with Gasteiger partial charge >= 0.3 is 0 Å². The van der Waals surface area contributed by atoms with Gasteiger partial charge in [-0.3, -0.25) is 10.1 Å². The highest BCUT2D eigenvalue weighted by Gasteiger charge is 2.16. The molecule has 0 bridgehead atoms. The van der Waals surface area contributed by atoms with Crippen LogP contribution >= 0.6 is 34.7 Å². The summed E-state index contributed by atoms with van der Waals surface area (Å²) in [6.07, 6.45) is 1.63. The quantitative estimate of drug-likeness (QED) is 0.485. The standard InChI is InChI=1S/C17H14ClN3O2S2/c1-23-12-4-2-11(3-5-12)10-25-13-6-7-14(18)20-15(13)16(22)21-17-19-8-9-24-17/h2-9H,10H2,1H3,(H,19,21,22). The molecule has 0 radical (unpaired) electrons. The number of halogens is 1. The molecule has 3 rings (SSSR count). The number of nitrogens with one attached hydrogen (secondary N) is 1. The van der Waals surface area contributed by atoms with Gasteiger partial charge in [-0.25, -0.2) is 9.97 Å². The predicted molar refractivity (Wildman–Crippen MR) is 102 cm³/mol. The number of nitrogens with zero attached hydrogens (tertiary/aromatic N) is 2. The molecule has 0 saturated heterocycles. The summed E-state index contributed by atoms with van der Waals surface area (Å²) in [6.45, 7) is 0. The Balaban J connectivity index is 1.75. The van der Waals surface area contributed by atoms with Crippen molar-refractivity contribution in [3.8, 4) is 5.75 Å². The number of carbonyl (C=O) groups is 1. The Morgan fingerprint density at radius 1 is 1.28 bits per heavy atom. The Kier molecular flexibility index (Phi) is 5.91. The number of thioether (sulfide) groups is 1. The molecule has 8 heteroatoms. The second-order valence-corrected chi connectivity index (χ2v) is 7.21. The van der Waals surface area contributed by atoms with Gasteiger partial charge in [0.25, 0.3) is 5.91 Å². The van der Waals surface area contributed by atoms with Crippen LogP contribution in [0.4, 0.5) is 5.13 Å². The fraction of sp³-hybridized carbons (Fsp3) is 0.118. The number of amides is 1. The van der Waals surface area contributed by atoms with Gasteiger partial charge < -0.3 is 4.74 Å². The number of anilines is 1. The van der Waals surface area contributed by atoms with Crippen LogP contribution in [0.2, 0.25) is 5.15 Å². The van der Waals surface area contributed by atoms with Crippen LogP contribution in [-0.2, 0) is 5.75 Å². The highest BCUT2D eigenvalue weighted by Crippen LogP contribution is 2.28. The van der Waals surface area contributed by atoms with Crippen LogP contribution in [0.5, 0.6) is 5.75 Å². The van der Waals surface area contributed by atoms with Crippen molar-refractivity contribution < 1.29 is 9.53 Å². The zero-order chi connectivity index (χ0) is 17.6. The molecule has 0 aliphatic rings. The zero-order valence-electron chi connectivity index (χ0n) is 13.2. The molecule has 0 atom stereocenters. The lowest BCUT2D eigenvalue weighted by Gasteiger charge is -2.09. The summed E-state index contributed by atoms with van der Waals surface area (Å²) in [6, 6.07) is 11.3. The number of pyridine rings is 1. The Morgan fingerprint density at radius 3 is 2.76 bits per heavy atom. The van der Waals surface area contributed by atoms with Gasteiger partial charge in [0.1, 0.15) is 16.6 Å². The lowest BCUT2D eigenvalue weighted by atomic mass is 10.2. The molecule has 25 heavy (non-hydrogen) atoms. The van der Waals surface area contributed by atoms with Gasteiger partial charge in [0, 0.05) is 22.2 Å². The van der Waals surface area contributed by atoms with Crippen molar-refractivity contribution in [2.45, 2.75) is 10.6 Å². The lowest BCUT2D eigenvalue weighted by molar-refractivity contribution is 0.101. The van der Waals surface area contributed by atoms with E-state index in [1.165, 1.54) is 23.1 Å². The molecule has 0 unspecified atom stereocenters. The molecule has 1 aromatic carbocycles. The van der Waals surface area contributed by atoms with E-state index in [9.17, 15) is 4.79 Å². The monoisotopic (exact) mass is 391 g/mol. The fourth-order valence-electron chi connectivity index (χ4n) is 2.03. The molecule has 0 aliphatic heterocycles.